The van der Waals surface area contributed by atoms with E-state index >= 15 is 0 Å². The zero-order valence-corrected chi connectivity index (χ0v) is 17.7. The molecule has 0 aliphatic rings. The van der Waals surface area contributed by atoms with E-state index in [0.29, 0.717) is 22.6 Å². The van der Waals surface area contributed by atoms with Gasteiger partial charge in [0.15, 0.2) is 5.69 Å². The molecule has 0 unspecified atom stereocenters. The number of anilines is 2. The van der Waals surface area contributed by atoms with Crippen LogP contribution in [0.15, 0.2) is 115 Å². The Balaban J connectivity index is 1.77. The molecule has 4 aromatic carbocycles. The second kappa shape index (κ2) is 8.93. The van der Waals surface area contributed by atoms with Crippen LogP contribution >= 0.6 is 0 Å². The molecule has 0 aliphatic carbocycles. The van der Waals surface area contributed by atoms with Crippen molar-refractivity contribution >= 4 is 17.2 Å². The van der Waals surface area contributed by atoms with Gasteiger partial charge in [-0.3, -0.25) is 4.79 Å². The van der Waals surface area contributed by atoms with Crippen LogP contribution in [0.3, 0.4) is 0 Å². The van der Waals surface area contributed by atoms with E-state index in [9.17, 15) is 9.18 Å². The predicted octanol–water partition coefficient (Wildman–Crippen LogP) is 6.65. The summed E-state index contributed by atoms with van der Waals surface area (Å²) in [6.07, 6.45) is 0. The largest absolute Gasteiger partial charge is 0.352 e. The number of aromatic nitrogens is 2. The normalized spacial score (nSPS) is 10.7. The fourth-order valence-corrected chi connectivity index (χ4v) is 3.72. The van der Waals surface area contributed by atoms with Crippen molar-refractivity contribution in [2.45, 2.75) is 0 Å². The van der Waals surface area contributed by atoms with Gasteiger partial charge in [-0.15, -0.1) is 0 Å². The number of ketones is 1. The van der Waals surface area contributed by atoms with Gasteiger partial charge < -0.3 is 5.32 Å². The second-order valence-electron chi connectivity index (χ2n) is 7.51. The van der Waals surface area contributed by atoms with E-state index in [-0.39, 0.29) is 17.3 Å². The number of nitrogens with zero attached hydrogens (tertiary/aromatic N) is 2. The predicted molar refractivity (Wildman–Crippen MR) is 129 cm³/mol. The highest BCUT2D eigenvalue weighted by molar-refractivity contribution is 6.13. The first-order valence-corrected chi connectivity index (χ1v) is 10.6. The molecule has 0 radical (unpaired) electrons. The lowest BCUT2D eigenvalue weighted by molar-refractivity contribution is 0.103. The summed E-state index contributed by atoms with van der Waals surface area (Å²) in [5.74, 6) is -0.539. The molecular weight excluding hydrogens is 413 g/mol. The van der Waals surface area contributed by atoms with Gasteiger partial charge in [0.05, 0.1) is 17.1 Å². The van der Waals surface area contributed by atoms with Crippen LogP contribution in [-0.4, -0.2) is 15.6 Å². The zero-order chi connectivity index (χ0) is 22.6. The molecule has 0 fully saturated rings. The maximum atomic E-state index is 13.7. The lowest BCUT2D eigenvalue weighted by Crippen LogP contribution is -2.06. The number of para-hydroxylation sites is 1. The van der Waals surface area contributed by atoms with E-state index < -0.39 is 0 Å². The van der Waals surface area contributed by atoms with Crippen molar-refractivity contribution < 1.29 is 9.18 Å². The van der Waals surface area contributed by atoms with Gasteiger partial charge in [0.2, 0.25) is 5.78 Å². The molecule has 4 nitrogen and oxygen atoms in total. The summed E-state index contributed by atoms with van der Waals surface area (Å²) in [6.45, 7) is 0. The summed E-state index contributed by atoms with van der Waals surface area (Å²) < 4.78 is 15.3. The standard InChI is InChI=1S/C28H20FN3O/c29-22-16-18-24(19-17-22)32-27(20-10-4-1-5-11-20)25(30-23-14-8-3-9-15-23)26(31-32)28(33)21-12-6-2-7-13-21/h1-19,30H. The highest BCUT2D eigenvalue weighted by atomic mass is 19.1. The minimum absolute atomic E-state index is 0.202. The minimum atomic E-state index is -0.338. The third kappa shape index (κ3) is 4.16. The molecule has 0 amide bonds. The molecule has 0 bridgehead atoms. The number of carbonyl (C=O) groups is 1. The molecule has 160 valence electrons. The molecule has 1 heterocycles. The summed E-state index contributed by atoms with van der Waals surface area (Å²) in [6, 6.07) is 34.5. The molecule has 0 saturated carbocycles. The molecule has 0 atom stereocenters. The van der Waals surface area contributed by atoms with Crippen LogP contribution in [0.25, 0.3) is 16.9 Å². The van der Waals surface area contributed by atoms with E-state index in [4.69, 9.17) is 5.10 Å². The van der Waals surface area contributed by atoms with Crippen molar-refractivity contribution in [2.24, 2.45) is 0 Å². The van der Waals surface area contributed by atoms with Gasteiger partial charge in [-0.25, -0.2) is 9.07 Å². The molecule has 1 N–H and O–H groups in total. The Morgan fingerprint density at radius 2 is 1.30 bits per heavy atom. The lowest BCUT2D eigenvalue weighted by atomic mass is 10.0. The van der Waals surface area contributed by atoms with Crippen molar-refractivity contribution in [3.05, 3.63) is 132 Å². The Morgan fingerprint density at radius 3 is 1.94 bits per heavy atom. The van der Waals surface area contributed by atoms with Crippen LogP contribution in [0.2, 0.25) is 0 Å². The van der Waals surface area contributed by atoms with Crippen molar-refractivity contribution in [2.75, 3.05) is 5.32 Å². The molecule has 0 saturated heterocycles. The smallest absolute Gasteiger partial charge is 0.215 e. The van der Waals surface area contributed by atoms with Crippen LogP contribution < -0.4 is 5.32 Å². The van der Waals surface area contributed by atoms with Gasteiger partial charge in [-0.1, -0.05) is 78.9 Å². The van der Waals surface area contributed by atoms with E-state index in [1.165, 1.54) is 12.1 Å². The summed E-state index contributed by atoms with van der Waals surface area (Å²) in [5, 5.41) is 8.15. The fourth-order valence-electron chi connectivity index (χ4n) is 3.72. The SMILES string of the molecule is O=C(c1ccccc1)c1nn(-c2ccc(F)cc2)c(-c2ccccc2)c1Nc1ccccc1. The number of halogens is 1. The number of nitrogens with one attached hydrogen (secondary N) is 1. The number of carbonyl (C=O) groups excluding carboxylic acids is 1. The molecule has 1 aromatic heterocycles. The minimum Gasteiger partial charge on any atom is -0.352 e. The van der Waals surface area contributed by atoms with Gasteiger partial charge in [0.1, 0.15) is 5.82 Å². The van der Waals surface area contributed by atoms with Gasteiger partial charge >= 0.3 is 0 Å². The summed E-state index contributed by atoms with van der Waals surface area (Å²) in [5.41, 5.74) is 4.48. The lowest BCUT2D eigenvalue weighted by Gasteiger charge is -2.12. The highest BCUT2D eigenvalue weighted by Crippen LogP contribution is 2.36. The van der Waals surface area contributed by atoms with Crippen LogP contribution in [0.4, 0.5) is 15.8 Å². The van der Waals surface area contributed by atoms with E-state index in [1.807, 2.05) is 78.9 Å². The Hall–Kier alpha value is -4.51. The Labute approximate surface area is 191 Å². The first kappa shape index (κ1) is 20.4. The van der Waals surface area contributed by atoms with E-state index in [1.54, 1.807) is 28.9 Å². The fraction of sp³-hybridized carbons (Fsp3) is 0. The zero-order valence-electron chi connectivity index (χ0n) is 17.7. The van der Waals surface area contributed by atoms with Gasteiger partial charge in [-0.2, -0.15) is 5.10 Å². The summed E-state index contributed by atoms with van der Waals surface area (Å²) >= 11 is 0. The third-order valence-electron chi connectivity index (χ3n) is 5.30. The Morgan fingerprint density at radius 1 is 0.727 bits per heavy atom. The molecule has 5 aromatic rings. The Bertz CT molecular complexity index is 1380. The summed E-state index contributed by atoms with van der Waals surface area (Å²) in [4.78, 5) is 13.6. The monoisotopic (exact) mass is 433 g/mol. The topological polar surface area (TPSA) is 46.9 Å². The summed E-state index contributed by atoms with van der Waals surface area (Å²) in [7, 11) is 0. The molecule has 5 heteroatoms. The van der Waals surface area contributed by atoms with Crippen LogP contribution in [0, 0.1) is 5.82 Å². The Kier molecular flexibility index (Phi) is 5.52. The van der Waals surface area contributed by atoms with Crippen molar-refractivity contribution in [1.29, 1.82) is 0 Å². The van der Waals surface area contributed by atoms with Crippen LogP contribution in [0.5, 0.6) is 0 Å². The van der Waals surface area contributed by atoms with Crippen molar-refractivity contribution in [3.8, 4) is 16.9 Å². The number of hydrogen-bond donors (Lipinski definition) is 1. The van der Waals surface area contributed by atoms with Gasteiger partial charge in [0.25, 0.3) is 0 Å². The van der Waals surface area contributed by atoms with E-state index in [2.05, 4.69) is 5.32 Å². The second-order valence-corrected chi connectivity index (χ2v) is 7.51. The maximum absolute atomic E-state index is 13.7. The third-order valence-corrected chi connectivity index (χ3v) is 5.30. The average Bonchev–Trinajstić information content (AvgIpc) is 3.24. The molecule has 0 aliphatic heterocycles. The number of hydrogen-bond acceptors (Lipinski definition) is 3. The molecule has 0 spiro atoms. The first-order chi connectivity index (χ1) is 16.2. The average molecular weight is 433 g/mol. The van der Waals surface area contributed by atoms with E-state index in [0.717, 1.165) is 11.3 Å². The first-order valence-electron chi connectivity index (χ1n) is 10.6. The molecular formula is C28H20FN3O. The van der Waals surface area contributed by atoms with Crippen LogP contribution in [-0.2, 0) is 0 Å². The quantitative estimate of drug-likeness (QED) is 0.305. The van der Waals surface area contributed by atoms with Crippen molar-refractivity contribution in [1.82, 2.24) is 9.78 Å². The van der Waals surface area contributed by atoms with Crippen LogP contribution in [0.1, 0.15) is 16.1 Å². The molecule has 33 heavy (non-hydrogen) atoms. The number of rotatable bonds is 6. The van der Waals surface area contributed by atoms with Gasteiger partial charge in [-0.05, 0) is 36.4 Å². The highest BCUT2D eigenvalue weighted by Gasteiger charge is 2.26. The molecule has 5 rings (SSSR count). The maximum Gasteiger partial charge on any atom is 0.215 e. The van der Waals surface area contributed by atoms with Crippen molar-refractivity contribution in [3.63, 3.8) is 0 Å². The number of benzene rings is 4. The van der Waals surface area contributed by atoms with Gasteiger partial charge in [0, 0.05) is 16.8 Å².